The Labute approximate surface area is 153 Å². The first-order valence-electron chi connectivity index (χ1n) is 7.99. The summed E-state index contributed by atoms with van der Waals surface area (Å²) in [6, 6.07) is 21.6. The van der Waals surface area contributed by atoms with Crippen molar-refractivity contribution < 1.29 is 4.79 Å². The summed E-state index contributed by atoms with van der Waals surface area (Å²) in [6.07, 6.45) is 0. The third-order valence-corrected chi connectivity index (χ3v) is 4.89. The monoisotopic (exact) mass is 390 g/mol. The van der Waals surface area contributed by atoms with Crippen LogP contribution in [0.2, 0.25) is 0 Å². The smallest absolute Gasteiger partial charge is 0.160 e. The predicted molar refractivity (Wildman–Crippen MR) is 105 cm³/mol. The summed E-state index contributed by atoms with van der Waals surface area (Å²) in [5.74, 6) is 0.859. The van der Waals surface area contributed by atoms with E-state index in [9.17, 15) is 4.79 Å². The van der Waals surface area contributed by atoms with E-state index in [0.717, 1.165) is 38.0 Å². The minimum atomic E-state index is 0.0438. The van der Waals surface area contributed by atoms with Gasteiger partial charge in [0, 0.05) is 21.2 Å². The summed E-state index contributed by atoms with van der Waals surface area (Å²) >= 11 is 3.64. The van der Waals surface area contributed by atoms with Crippen LogP contribution in [0.3, 0.4) is 0 Å². The second-order valence-electron chi connectivity index (χ2n) is 5.87. The number of aromatic nitrogens is 2. The third kappa shape index (κ3) is 2.79. The van der Waals surface area contributed by atoms with Gasteiger partial charge in [0.05, 0.1) is 11.0 Å². The molecule has 0 fully saturated rings. The van der Waals surface area contributed by atoms with E-state index < -0.39 is 0 Å². The summed E-state index contributed by atoms with van der Waals surface area (Å²) < 4.78 is 0.928. The van der Waals surface area contributed by atoms with Crippen molar-refractivity contribution in [2.24, 2.45) is 0 Å². The maximum Gasteiger partial charge on any atom is 0.160 e. The molecular formula is C21H15BrN2O. The van der Waals surface area contributed by atoms with Crippen LogP contribution in [0, 0.1) is 0 Å². The summed E-state index contributed by atoms with van der Waals surface area (Å²) in [4.78, 5) is 20.2. The predicted octanol–water partition coefficient (Wildman–Crippen LogP) is 5.86. The van der Waals surface area contributed by atoms with Crippen molar-refractivity contribution >= 4 is 32.7 Å². The number of hydrogen-bond donors (Lipinski definition) is 1. The third-order valence-electron chi connectivity index (χ3n) is 4.23. The van der Waals surface area contributed by atoms with Gasteiger partial charge in [-0.25, -0.2) is 4.98 Å². The van der Waals surface area contributed by atoms with Crippen molar-refractivity contribution in [1.82, 2.24) is 9.97 Å². The highest BCUT2D eigenvalue weighted by molar-refractivity contribution is 9.10. The van der Waals surface area contributed by atoms with E-state index >= 15 is 0 Å². The standard InChI is InChI=1S/C21H15BrN2O/c1-13(25)15-9-5-6-10-16(15)19-17(22)11-12-18-20(19)24-21(23-18)14-7-3-2-4-8-14/h2-12H,1H3,(H,23,24). The Morgan fingerprint density at radius 1 is 0.960 bits per heavy atom. The van der Waals surface area contributed by atoms with Crippen molar-refractivity contribution in [3.63, 3.8) is 0 Å². The van der Waals surface area contributed by atoms with E-state index in [-0.39, 0.29) is 5.78 Å². The van der Waals surface area contributed by atoms with Gasteiger partial charge in [0.25, 0.3) is 0 Å². The zero-order valence-corrected chi connectivity index (χ0v) is 15.2. The molecule has 0 aliphatic rings. The van der Waals surface area contributed by atoms with Crippen molar-refractivity contribution in [2.75, 3.05) is 0 Å². The first kappa shape index (κ1) is 15.8. The number of rotatable bonds is 3. The number of H-pyrrole nitrogens is 1. The molecule has 0 unspecified atom stereocenters. The number of imidazole rings is 1. The van der Waals surface area contributed by atoms with Crippen molar-refractivity contribution in [3.05, 3.63) is 76.8 Å². The minimum Gasteiger partial charge on any atom is -0.337 e. The zero-order valence-electron chi connectivity index (χ0n) is 13.6. The van der Waals surface area contributed by atoms with Gasteiger partial charge in [-0.1, -0.05) is 70.5 Å². The fourth-order valence-corrected chi connectivity index (χ4v) is 3.60. The Kier molecular flexibility index (Phi) is 3.98. The number of ketones is 1. The van der Waals surface area contributed by atoms with Gasteiger partial charge in [-0.3, -0.25) is 4.79 Å². The van der Waals surface area contributed by atoms with Crippen LogP contribution in [-0.4, -0.2) is 15.8 Å². The number of fused-ring (bicyclic) bond motifs is 1. The highest BCUT2D eigenvalue weighted by Crippen LogP contribution is 2.37. The van der Waals surface area contributed by atoms with Crippen LogP contribution in [0.1, 0.15) is 17.3 Å². The molecule has 0 aliphatic heterocycles. The molecule has 0 amide bonds. The van der Waals surface area contributed by atoms with Crippen LogP contribution < -0.4 is 0 Å². The van der Waals surface area contributed by atoms with Gasteiger partial charge in [-0.15, -0.1) is 0 Å². The molecule has 0 aliphatic carbocycles. The normalized spacial score (nSPS) is 11.0. The summed E-state index contributed by atoms with van der Waals surface area (Å²) in [7, 11) is 0. The maximum absolute atomic E-state index is 12.1. The molecule has 122 valence electrons. The fourth-order valence-electron chi connectivity index (χ4n) is 3.06. The first-order valence-corrected chi connectivity index (χ1v) is 8.78. The number of hydrogen-bond acceptors (Lipinski definition) is 2. The number of halogens is 1. The molecule has 4 aromatic rings. The number of aromatic amines is 1. The number of nitrogens with zero attached hydrogens (tertiary/aromatic N) is 1. The van der Waals surface area contributed by atoms with E-state index in [1.807, 2.05) is 66.7 Å². The molecule has 1 N–H and O–H groups in total. The van der Waals surface area contributed by atoms with E-state index in [4.69, 9.17) is 4.98 Å². The summed E-state index contributed by atoms with van der Waals surface area (Å²) in [5, 5.41) is 0. The van der Waals surface area contributed by atoms with Gasteiger partial charge in [-0.05, 0) is 24.6 Å². The quantitative estimate of drug-likeness (QED) is 0.445. The molecule has 4 heteroatoms. The van der Waals surface area contributed by atoms with Crippen LogP contribution in [0.25, 0.3) is 33.5 Å². The molecule has 0 spiro atoms. The van der Waals surface area contributed by atoms with E-state index in [1.165, 1.54) is 0 Å². The Morgan fingerprint density at radius 2 is 1.68 bits per heavy atom. The molecule has 4 rings (SSSR count). The molecule has 3 aromatic carbocycles. The lowest BCUT2D eigenvalue weighted by atomic mass is 9.96. The van der Waals surface area contributed by atoms with Crippen LogP contribution >= 0.6 is 15.9 Å². The topological polar surface area (TPSA) is 45.8 Å². The van der Waals surface area contributed by atoms with Crippen molar-refractivity contribution in [2.45, 2.75) is 6.92 Å². The first-order chi connectivity index (χ1) is 12.1. The van der Waals surface area contributed by atoms with Crippen molar-refractivity contribution in [1.29, 1.82) is 0 Å². The van der Waals surface area contributed by atoms with E-state index in [1.54, 1.807) is 6.92 Å². The van der Waals surface area contributed by atoms with Gasteiger partial charge < -0.3 is 4.98 Å². The highest BCUT2D eigenvalue weighted by Gasteiger charge is 2.17. The number of nitrogens with one attached hydrogen (secondary N) is 1. The molecule has 3 nitrogen and oxygen atoms in total. The molecule has 25 heavy (non-hydrogen) atoms. The van der Waals surface area contributed by atoms with Crippen LogP contribution in [0.4, 0.5) is 0 Å². The Morgan fingerprint density at radius 3 is 2.44 bits per heavy atom. The van der Waals surface area contributed by atoms with E-state index in [0.29, 0.717) is 5.56 Å². The molecule has 0 bridgehead atoms. The van der Waals surface area contributed by atoms with E-state index in [2.05, 4.69) is 20.9 Å². The summed E-state index contributed by atoms with van der Waals surface area (Å²) in [5.41, 5.74) is 5.37. The van der Waals surface area contributed by atoms with Crippen LogP contribution in [0.15, 0.2) is 71.2 Å². The fraction of sp³-hybridized carbons (Fsp3) is 0.0476. The van der Waals surface area contributed by atoms with Gasteiger partial charge >= 0.3 is 0 Å². The average molecular weight is 391 g/mol. The van der Waals surface area contributed by atoms with Gasteiger partial charge in [0.2, 0.25) is 0 Å². The molecule has 0 atom stereocenters. The molecule has 0 saturated heterocycles. The average Bonchev–Trinajstić information content (AvgIpc) is 3.06. The molecule has 1 heterocycles. The molecular weight excluding hydrogens is 376 g/mol. The van der Waals surface area contributed by atoms with Gasteiger partial charge in [0.1, 0.15) is 5.82 Å². The maximum atomic E-state index is 12.1. The lowest BCUT2D eigenvalue weighted by molar-refractivity contribution is 0.101. The molecule has 0 saturated carbocycles. The lowest BCUT2D eigenvalue weighted by Gasteiger charge is -2.10. The number of benzene rings is 3. The molecule has 0 radical (unpaired) electrons. The van der Waals surface area contributed by atoms with Crippen molar-refractivity contribution in [3.8, 4) is 22.5 Å². The Bertz CT molecular complexity index is 1080. The SMILES string of the molecule is CC(=O)c1ccccc1-c1c(Br)ccc2nc(-c3ccccc3)[nH]c12. The number of carbonyl (C=O) groups is 1. The van der Waals surface area contributed by atoms with Crippen LogP contribution in [-0.2, 0) is 0 Å². The van der Waals surface area contributed by atoms with Gasteiger partial charge in [0.15, 0.2) is 5.78 Å². The van der Waals surface area contributed by atoms with Gasteiger partial charge in [-0.2, -0.15) is 0 Å². The second kappa shape index (κ2) is 6.30. The summed E-state index contributed by atoms with van der Waals surface area (Å²) in [6.45, 7) is 1.59. The minimum absolute atomic E-state index is 0.0438. The lowest BCUT2D eigenvalue weighted by Crippen LogP contribution is -1.96. The number of Topliss-reactive ketones (excluding diaryl/α,β-unsaturated/α-hetero) is 1. The number of carbonyl (C=O) groups excluding carboxylic acids is 1. The van der Waals surface area contributed by atoms with Crippen LogP contribution in [0.5, 0.6) is 0 Å². The Hall–Kier alpha value is -2.72. The largest absolute Gasteiger partial charge is 0.337 e. The Balaban J connectivity index is 2.00. The second-order valence-corrected chi connectivity index (χ2v) is 6.72. The zero-order chi connectivity index (χ0) is 17.4. The molecule has 1 aromatic heterocycles. The highest BCUT2D eigenvalue weighted by atomic mass is 79.9.